The van der Waals surface area contributed by atoms with Gasteiger partial charge in [-0.2, -0.15) is 0 Å². The minimum absolute atomic E-state index is 0.735. The van der Waals surface area contributed by atoms with Crippen LogP contribution in [-0.2, 0) is 0 Å². The second-order valence-electron chi connectivity index (χ2n) is 2.72. The van der Waals surface area contributed by atoms with E-state index in [1.54, 1.807) is 11.3 Å². The molecule has 2 aromatic rings. The van der Waals surface area contributed by atoms with Crippen LogP contribution in [0.25, 0.3) is 10.6 Å². The van der Waals surface area contributed by atoms with Crippen molar-refractivity contribution in [3.05, 3.63) is 33.0 Å². The Morgan fingerprint density at radius 1 is 1.43 bits per heavy atom. The van der Waals surface area contributed by atoms with E-state index in [9.17, 15) is 0 Å². The molecule has 0 amide bonds. The zero-order valence-electron chi connectivity index (χ0n) is 7.29. The third kappa shape index (κ3) is 1.97. The number of hydrogen-bond acceptors (Lipinski definition) is 3. The lowest BCUT2D eigenvalue weighted by Crippen LogP contribution is -1.90. The molecule has 72 valence electrons. The largest absolute Gasteiger partial charge is 0.232 e. The van der Waals surface area contributed by atoms with Crippen molar-refractivity contribution in [1.82, 2.24) is 9.97 Å². The fourth-order valence-corrected chi connectivity index (χ4v) is 2.71. The van der Waals surface area contributed by atoms with E-state index in [-0.39, 0.29) is 0 Å². The number of thiophene rings is 1. The summed E-state index contributed by atoms with van der Waals surface area (Å²) in [5.74, 6) is 0.735. The Balaban J connectivity index is 2.57. The molecule has 5 heteroatoms. The van der Waals surface area contributed by atoms with Crippen LogP contribution in [0, 0.1) is 6.92 Å². The first kappa shape index (κ1) is 10.1. The van der Waals surface area contributed by atoms with Gasteiger partial charge in [0.2, 0.25) is 0 Å². The zero-order chi connectivity index (χ0) is 10.1. The maximum Gasteiger partial charge on any atom is 0.127 e. The molecule has 0 unspecified atom stereocenters. The summed E-state index contributed by atoms with van der Waals surface area (Å²) in [4.78, 5) is 9.45. The molecule has 0 saturated heterocycles. The molecule has 0 spiro atoms. The molecule has 0 N–H and O–H groups in total. The van der Waals surface area contributed by atoms with Crippen LogP contribution in [0.5, 0.6) is 0 Å². The van der Waals surface area contributed by atoms with Crippen LogP contribution >= 0.6 is 38.9 Å². The van der Waals surface area contributed by atoms with E-state index < -0.39 is 0 Å². The first-order valence-corrected chi connectivity index (χ1v) is 5.96. The highest BCUT2D eigenvalue weighted by molar-refractivity contribution is 9.10. The molecule has 2 nitrogen and oxygen atoms in total. The highest BCUT2D eigenvalue weighted by Gasteiger charge is 2.08. The summed E-state index contributed by atoms with van der Waals surface area (Å²) in [6.07, 6.45) is 0. The maximum absolute atomic E-state index is 6.01. The normalized spacial score (nSPS) is 10.5. The van der Waals surface area contributed by atoms with Crippen molar-refractivity contribution >= 4 is 38.9 Å². The number of hydrogen-bond donors (Lipinski definition) is 0. The van der Waals surface area contributed by atoms with Crippen LogP contribution < -0.4 is 0 Å². The topological polar surface area (TPSA) is 25.8 Å². The van der Waals surface area contributed by atoms with Crippen molar-refractivity contribution in [3.8, 4) is 10.6 Å². The average molecular weight is 290 g/mol. The quantitative estimate of drug-likeness (QED) is 0.743. The highest BCUT2D eigenvalue weighted by Crippen LogP contribution is 2.32. The molecular formula is C9H6BrClN2S. The van der Waals surface area contributed by atoms with Gasteiger partial charge in [0.15, 0.2) is 0 Å². The average Bonchev–Trinajstić information content (AvgIpc) is 2.49. The summed E-state index contributed by atoms with van der Waals surface area (Å²) in [5, 5.41) is 2.68. The van der Waals surface area contributed by atoms with Crippen LogP contribution in [0.15, 0.2) is 22.1 Å². The van der Waals surface area contributed by atoms with Crippen LogP contribution in [0.1, 0.15) is 5.82 Å². The van der Waals surface area contributed by atoms with Crippen LogP contribution in [-0.4, -0.2) is 9.97 Å². The van der Waals surface area contributed by atoms with E-state index in [1.807, 2.05) is 24.4 Å². The monoisotopic (exact) mass is 288 g/mol. The van der Waals surface area contributed by atoms with E-state index >= 15 is 0 Å². The van der Waals surface area contributed by atoms with Crippen molar-refractivity contribution < 1.29 is 0 Å². The lowest BCUT2D eigenvalue weighted by Gasteiger charge is -2.00. The van der Waals surface area contributed by atoms with Gasteiger partial charge in [-0.15, -0.1) is 11.3 Å². The maximum atomic E-state index is 6.01. The molecule has 2 aromatic heterocycles. The van der Waals surface area contributed by atoms with Crippen molar-refractivity contribution in [1.29, 1.82) is 0 Å². The molecule has 0 aliphatic carbocycles. The predicted molar refractivity (Wildman–Crippen MR) is 62.8 cm³/mol. The van der Waals surface area contributed by atoms with Gasteiger partial charge in [0, 0.05) is 0 Å². The molecule has 0 saturated carbocycles. The van der Waals surface area contributed by atoms with E-state index in [1.165, 1.54) is 0 Å². The summed E-state index contributed by atoms with van der Waals surface area (Å²) in [6.45, 7) is 1.86. The van der Waals surface area contributed by atoms with Crippen molar-refractivity contribution in [2.75, 3.05) is 0 Å². The summed E-state index contributed by atoms with van der Waals surface area (Å²) in [7, 11) is 0. The van der Waals surface area contributed by atoms with Gasteiger partial charge in [-0.3, -0.25) is 0 Å². The Morgan fingerprint density at radius 3 is 2.79 bits per heavy atom. The van der Waals surface area contributed by atoms with Crippen molar-refractivity contribution in [2.45, 2.75) is 6.92 Å². The molecule has 0 aliphatic heterocycles. The number of aryl methyl sites for hydroxylation is 1. The van der Waals surface area contributed by atoms with E-state index in [0.717, 1.165) is 26.0 Å². The van der Waals surface area contributed by atoms with Gasteiger partial charge in [-0.05, 0) is 40.4 Å². The van der Waals surface area contributed by atoms with Gasteiger partial charge in [0.05, 0.1) is 15.6 Å². The SMILES string of the molecule is Cc1nc(Br)cc(-c2sccc2Cl)n1. The lowest BCUT2D eigenvalue weighted by molar-refractivity contribution is 1.04. The van der Waals surface area contributed by atoms with Gasteiger partial charge in [-0.1, -0.05) is 11.6 Å². The minimum atomic E-state index is 0.735. The van der Waals surface area contributed by atoms with Gasteiger partial charge < -0.3 is 0 Å². The van der Waals surface area contributed by atoms with Gasteiger partial charge in [0.25, 0.3) is 0 Å². The summed E-state index contributed by atoms with van der Waals surface area (Å²) >= 11 is 10.9. The Kier molecular flexibility index (Phi) is 2.85. The molecule has 0 aliphatic rings. The summed E-state index contributed by atoms with van der Waals surface area (Å²) in [5.41, 5.74) is 0.865. The van der Waals surface area contributed by atoms with Crippen molar-refractivity contribution in [3.63, 3.8) is 0 Å². The van der Waals surface area contributed by atoms with Crippen LogP contribution in [0.3, 0.4) is 0 Å². The summed E-state index contributed by atoms with van der Waals surface area (Å²) < 4.78 is 0.782. The Morgan fingerprint density at radius 2 is 2.21 bits per heavy atom. The predicted octanol–water partition coefficient (Wildman–Crippen LogP) is 3.93. The van der Waals surface area contributed by atoms with E-state index in [0.29, 0.717) is 0 Å². The van der Waals surface area contributed by atoms with Gasteiger partial charge >= 0.3 is 0 Å². The number of nitrogens with zero attached hydrogens (tertiary/aromatic N) is 2. The molecule has 0 atom stereocenters. The fourth-order valence-electron chi connectivity index (χ4n) is 1.12. The first-order chi connectivity index (χ1) is 6.66. The molecule has 2 heterocycles. The molecule has 2 rings (SSSR count). The van der Waals surface area contributed by atoms with Crippen LogP contribution in [0.2, 0.25) is 5.02 Å². The van der Waals surface area contributed by atoms with E-state index in [2.05, 4.69) is 25.9 Å². The molecule has 0 radical (unpaired) electrons. The number of rotatable bonds is 1. The zero-order valence-corrected chi connectivity index (χ0v) is 10.4. The molecule has 0 bridgehead atoms. The third-order valence-electron chi connectivity index (χ3n) is 1.66. The van der Waals surface area contributed by atoms with Crippen LogP contribution in [0.4, 0.5) is 0 Å². The van der Waals surface area contributed by atoms with Crippen molar-refractivity contribution in [2.24, 2.45) is 0 Å². The summed E-state index contributed by atoms with van der Waals surface area (Å²) in [6, 6.07) is 3.73. The lowest BCUT2D eigenvalue weighted by atomic mass is 10.3. The minimum Gasteiger partial charge on any atom is -0.232 e. The van der Waals surface area contributed by atoms with Gasteiger partial charge in [0.1, 0.15) is 10.4 Å². The molecular weight excluding hydrogens is 284 g/mol. The molecule has 0 aromatic carbocycles. The molecule has 14 heavy (non-hydrogen) atoms. The smallest absolute Gasteiger partial charge is 0.127 e. The van der Waals surface area contributed by atoms with E-state index in [4.69, 9.17) is 11.6 Å². The third-order valence-corrected chi connectivity index (χ3v) is 3.43. The standard InChI is InChI=1S/C9H6BrClN2S/c1-5-12-7(4-8(10)13-5)9-6(11)2-3-14-9/h2-4H,1H3. The Hall–Kier alpha value is -0.450. The number of aromatic nitrogens is 2. The highest BCUT2D eigenvalue weighted by atomic mass is 79.9. The molecule has 0 fully saturated rings. The first-order valence-electron chi connectivity index (χ1n) is 3.91. The fraction of sp³-hybridized carbons (Fsp3) is 0.111. The Labute approximate surface area is 99.1 Å². The number of halogens is 2. The van der Waals surface area contributed by atoms with Gasteiger partial charge in [-0.25, -0.2) is 9.97 Å². The Bertz CT molecular complexity index is 449. The second-order valence-corrected chi connectivity index (χ2v) is 4.86. The second kappa shape index (κ2) is 3.96.